The van der Waals surface area contributed by atoms with Gasteiger partial charge in [-0.2, -0.15) is 0 Å². The molecule has 0 aliphatic carbocycles. The van der Waals surface area contributed by atoms with Gasteiger partial charge in [0.1, 0.15) is 0 Å². The fourth-order valence-electron chi connectivity index (χ4n) is 8.32. The third-order valence-corrected chi connectivity index (χ3v) is 14.3. The number of aryl methyl sites for hydroxylation is 2. The Balaban J connectivity index is 0.000000821. The first-order valence-corrected chi connectivity index (χ1v) is 28.6. The van der Waals surface area contributed by atoms with Crippen LogP contribution in [0.1, 0.15) is 269 Å². The summed E-state index contributed by atoms with van der Waals surface area (Å²) in [6.45, 7) is 13.7. The minimum Gasteiger partial charge on any atom is -0.348 e. The van der Waals surface area contributed by atoms with Crippen LogP contribution in [0.5, 0.6) is 0 Å². The van der Waals surface area contributed by atoms with Gasteiger partial charge < -0.3 is 5.53 Å². The number of rotatable bonds is 39. The first-order valence-electron chi connectivity index (χ1n) is 26.4. The zero-order valence-corrected chi connectivity index (χ0v) is 42.8. The monoisotopic (exact) mass is 929 g/mol. The Bertz CT molecular complexity index is 1390. The van der Waals surface area contributed by atoms with E-state index in [-0.39, 0.29) is 0 Å². The Labute approximate surface area is 389 Å². The van der Waals surface area contributed by atoms with E-state index in [1.807, 2.05) is 0 Å². The third-order valence-electron chi connectivity index (χ3n) is 12.1. The Kier molecular flexibility index (Phi) is 40.4. The molecule has 0 bridgehead atoms. The second-order valence-corrected chi connectivity index (χ2v) is 20.2. The van der Waals surface area contributed by atoms with Crippen molar-refractivity contribution < 1.29 is 22.8 Å². The third kappa shape index (κ3) is 30.7. The smallest absolute Gasteiger partial charge is 0.303 e. The summed E-state index contributed by atoms with van der Waals surface area (Å²) in [7, 11) is 0. The normalized spacial score (nSPS) is 11.5. The van der Waals surface area contributed by atoms with Crippen molar-refractivity contribution in [3.63, 3.8) is 0 Å². The van der Waals surface area contributed by atoms with Crippen LogP contribution in [0.2, 0.25) is 9.79 Å². The second kappa shape index (κ2) is 43.3. The van der Waals surface area contributed by atoms with Crippen molar-refractivity contribution in [2.75, 3.05) is 0 Å². The van der Waals surface area contributed by atoms with Crippen LogP contribution < -0.4 is 0 Å². The summed E-state index contributed by atoms with van der Waals surface area (Å²) in [6.07, 6.45) is 44.7. The fourth-order valence-corrected chi connectivity index (χ4v) is 10.3. The van der Waals surface area contributed by atoms with Crippen LogP contribution in [0.4, 0.5) is 0 Å². The summed E-state index contributed by atoms with van der Waals surface area (Å²) in [5, 5.41) is 0. The van der Waals surface area contributed by atoms with Crippen molar-refractivity contribution >= 4 is 11.4 Å². The average Bonchev–Trinajstić information content (AvgIpc) is 3.27. The van der Waals surface area contributed by atoms with Gasteiger partial charge in [0.2, 0.25) is 0 Å². The Morgan fingerprint density at radius 1 is 0.443 bits per heavy atom. The number of hydrogen-bond acceptors (Lipinski definition) is 0. The predicted molar refractivity (Wildman–Crippen MR) is 270 cm³/mol. The van der Waals surface area contributed by atoms with Crippen molar-refractivity contribution in [2.45, 2.75) is 270 Å². The minimum atomic E-state index is 0.901. The molecule has 2 aromatic rings. The molecule has 0 unspecified atom stereocenters. The van der Waals surface area contributed by atoms with E-state index < -0.39 is 0 Å². The molecule has 0 aromatic heterocycles. The van der Waals surface area contributed by atoms with E-state index in [4.69, 9.17) is 0 Å². The molecular formula is C58H98N2Pd. The van der Waals surface area contributed by atoms with E-state index in [0.29, 0.717) is 0 Å². The van der Waals surface area contributed by atoms with Gasteiger partial charge in [-0.15, -0.1) is 4.79 Å². The van der Waals surface area contributed by atoms with Gasteiger partial charge in [-0.05, 0) is 84.8 Å². The molecule has 0 atom stereocenters. The SMILES string of the molecule is CCCCCCCC[CH2][Pd][CH2]CCCCCCCC.CCCCCCCCc1cccc(C(=C(CCCCCC)C(=C=[N+]=[N-])CCCCC)c2cccc(CCCCC)c2)c1. The Morgan fingerprint density at radius 3 is 1.26 bits per heavy atom. The van der Waals surface area contributed by atoms with E-state index in [9.17, 15) is 5.53 Å². The van der Waals surface area contributed by atoms with Crippen molar-refractivity contribution in [3.05, 3.63) is 87.5 Å². The van der Waals surface area contributed by atoms with Crippen molar-refractivity contribution in [3.8, 4) is 0 Å². The van der Waals surface area contributed by atoms with Gasteiger partial charge in [-0.25, -0.2) is 0 Å². The van der Waals surface area contributed by atoms with Crippen molar-refractivity contribution in [1.82, 2.24) is 0 Å². The number of benzene rings is 2. The van der Waals surface area contributed by atoms with E-state index in [1.54, 1.807) is 0 Å². The van der Waals surface area contributed by atoms with E-state index >= 15 is 0 Å². The van der Waals surface area contributed by atoms with Crippen LogP contribution in [0.25, 0.3) is 11.1 Å². The Hall–Kier alpha value is -2.00. The van der Waals surface area contributed by atoms with Crippen LogP contribution in [0.3, 0.4) is 0 Å². The molecule has 0 saturated carbocycles. The van der Waals surface area contributed by atoms with Crippen LogP contribution in [0.15, 0.2) is 59.7 Å². The maximum absolute atomic E-state index is 9.73. The van der Waals surface area contributed by atoms with Crippen LogP contribution in [0, 0.1) is 0 Å². The molecular weight excluding hydrogens is 831 g/mol. The van der Waals surface area contributed by atoms with Gasteiger partial charge in [0, 0.05) is 0 Å². The fraction of sp³-hybridized carbons (Fsp3) is 0.724. The number of hydrogen-bond donors (Lipinski definition) is 0. The first kappa shape index (κ1) is 57.0. The molecule has 0 amide bonds. The summed E-state index contributed by atoms with van der Waals surface area (Å²) >= 11 is 1.07. The molecule has 0 radical (unpaired) electrons. The van der Waals surface area contributed by atoms with Crippen molar-refractivity contribution in [1.29, 1.82) is 0 Å². The second-order valence-electron chi connectivity index (χ2n) is 17.9. The summed E-state index contributed by atoms with van der Waals surface area (Å²) in [6, 6.07) is 18.6. The molecule has 2 aromatic carbocycles. The minimum absolute atomic E-state index is 0.901. The molecule has 2 nitrogen and oxygen atoms in total. The molecule has 61 heavy (non-hydrogen) atoms. The summed E-state index contributed by atoms with van der Waals surface area (Å²) in [5.41, 5.74) is 18.9. The predicted octanol–water partition coefficient (Wildman–Crippen LogP) is 19.9. The zero-order valence-electron chi connectivity index (χ0n) is 41.3. The topological polar surface area (TPSA) is 36.4 Å². The van der Waals surface area contributed by atoms with Crippen LogP contribution >= 0.6 is 0 Å². The largest absolute Gasteiger partial charge is 0.348 e. The molecule has 0 N–H and O–H groups in total. The molecule has 350 valence electrons. The van der Waals surface area contributed by atoms with E-state index in [0.717, 1.165) is 62.1 Å². The van der Waals surface area contributed by atoms with E-state index in [1.165, 1.54) is 223 Å². The summed E-state index contributed by atoms with van der Waals surface area (Å²) in [4.78, 5) is 6.56. The first-order chi connectivity index (χ1) is 30.1. The van der Waals surface area contributed by atoms with E-state index in [2.05, 4.69) is 101 Å². The van der Waals surface area contributed by atoms with Gasteiger partial charge in [0.15, 0.2) is 0 Å². The zero-order chi connectivity index (χ0) is 44.3. The maximum atomic E-state index is 9.73. The van der Waals surface area contributed by atoms with Crippen LogP contribution in [-0.2, 0) is 30.8 Å². The Morgan fingerprint density at radius 2 is 0.803 bits per heavy atom. The van der Waals surface area contributed by atoms with Gasteiger partial charge in [0.25, 0.3) is 0 Å². The van der Waals surface area contributed by atoms with Crippen molar-refractivity contribution in [2.24, 2.45) is 0 Å². The molecule has 0 aliphatic heterocycles. The average molecular weight is 930 g/mol. The standard InChI is InChI=1S/C40H60N2.2C9H19.Pd/c1-5-9-13-15-16-19-24-35-26-22-29-37(32-35)40(36-28-21-25-34(31-36)23-17-11-7-3)39(30-20-14-10-6-2)38(33-42-41)27-18-12-8-4;2*1-3-5-7-9-8-6-4-2;/h21-22,25-26,28-29,31-32H,5-20,23-24,27,30H2,1-4H3;2*1,3-9H2,2H3;. The number of allylic oxidation sites excluding steroid dienone is 2. The number of nitrogens with zero attached hydrogens (tertiary/aromatic N) is 2. The quantitative estimate of drug-likeness (QED) is 0.0160. The molecule has 0 fully saturated rings. The molecule has 0 spiro atoms. The molecule has 0 heterocycles. The summed E-state index contributed by atoms with van der Waals surface area (Å²) in [5.74, 6) is 3.07. The number of unbranched alkanes of at least 4 members (excludes halogenated alkanes) is 24. The van der Waals surface area contributed by atoms with Gasteiger partial charge in [-0.3, -0.25) is 0 Å². The molecule has 3 heteroatoms. The molecule has 0 saturated heterocycles. The maximum Gasteiger partial charge on any atom is 0.303 e. The van der Waals surface area contributed by atoms with Gasteiger partial charge in [0.05, 0.1) is 5.57 Å². The summed E-state index contributed by atoms with van der Waals surface area (Å²) < 4.78 is 0. The molecule has 2 rings (SSSR count). The van der Waals surface area contributed by atoms with Gasteiger partial charge >= 0.3 is 137 Å². The van der Waals surface area contributed by atoms with Crippen LogP contribution in [-0.4, -0.2) is 10.7 Å². The molecule has 0 aliphatic rings. The van der Waals surface area contributed by atoms with Gasteiger partial charge in [-0.1, -0.05) is 153 Å².